The molecule has 127 valence electrons. The maximum absolute atomic E-state index is 11.4. The molecule has 1 heterocycles. The molecule has 1 aromatic carbocycles. The number of nitrogens with one attached hydrogen (secondary N) is 1. The number of nitrogens with zero attached hydrogens (tertiary/aromatic N) is 1. The summed E-state index contributed by atoms with van der Waals surface area (Å²) in [6.07, 6.45) is 2.69. The van der Waals surface area contributed by atoms with E-state index in [2.05, 4.69) is 10.5 Å². The van der Waals surface area contributed by atoms with Crippen molar-refractivity contribution in [3.05, 3.63) is 54.0 Å². The summed E-state index contributed by atoms with van der Waals surface area (Å²) in [5.41, 5.74) is 2.67. The second-order valence-electron chi connectivity index (χ2n) is 3.21. The number of para-hydroxylation sites is 1. The summed E-state index contributed by atoms with van der Waals surface area (Å²) in [5.74, 6) is -0.448. The molecule has 0 aliphatic carbocycles. The second kappa shape index (κ2) is 16.3. The van der Waals surface area contributed by atoms with Crippen LogP contribution in [0.5, 0.6) is 5.75 Å². The molecule has 9 heteroatoms. The first kappa shape index (κ1) is 25.8. The number of carbonyl (C=O) groups is 1. The maximum atomic E-state index is 11.4. The van der Waals surface area contributed by atoms with Crippen LogP contribution in [0.1, 0.15) is 16.1 Å². The summed E-state index contributed by atoms with van der Waals surface area (Å²) in [4.78, 5) is 11.4. The SMILES string of the molecule is C[O-].C[O-].O=C(N/N=C/c1ccccc1[O-])c1ccco1.[O-2].[V]. The minimum absolute atomic E-state index is 0. The minimum atomic E-state index is -0.463. The van der Waals surface area contributed by atoms with E-state index in [1.165, 1.54) is 24.6 Å². The van der Waals surface area contributed by atoms with E-state index in [1.54, 1.807) is 24.3 Å². The van der Waals surface area contributed by atoms with E-state index in [4.69, 9.17) is 14.6 Å². The van der Waals surface area contributed by atoms with Crippen molar-refractivity contribution in [3.63, 3.8) is 0 Å². The van der Waals surface area contributed by atoms with Gasteiger partial charge in [0.15, 0.2) is 5.76 Å². The predicted molar refractivity (Wildman–Crippen MR) is 72.2 cm³/mol. The van der Waals surface area contributed by atoms with E-state index >= 15 is 0 Å². The van der Waals surface area contributed by atoms with E-state index in [0.29, 0.717) is 5.56 Å². The Morgan fingerprint density at radius 1 is 1.13 bits per heavy atom. The van der Waals surface area contributed by atoms with Crippen molar-refractivity contribution in [3.8, 4) is 5.75 Å². The molecule has 0 saturated carbocycles. The summed E-state index contributed by atoms with van der Waals surface area (Å²) < 4.78 is 4.87. The van der Waals surface area contributed by atoms with Gasteiger partial charge in [0.1, 0.15) is 0 Å². The van der Waals surface area contributed by atoms with Crippen LogP contribution in [-0.2, 0) is 24.0 Å². The quantitative estimate of drug-likeness (QED) is 0.548. The molecule has 1 aromatic heterocycles. The van der Waals surface area contributed by atoms with Crippen molar-refractivity contribution in [2.45, 2.75) is 0 Å². The van der Waals surface area contributed by atoms with Crippen molar-refractivity contribution < 1.29 is 48.6 Å². The standard InChI is InChI=1S/C12H10N2O3.2CH3O.O.V/c15-10-5-2-1-4-9(10)8-13-14-12(16)11-6-3-7-17-11;2*1-2;;/h1-8,15H,(H,14,16);2*1H3;;/q;2*-1;-2;/p-1/b13-8+;;;;. The molecule has 0 bridgehead atoms. The summed E-state index contributed by atoms with van der Waals surface area (Å²) in [7, 11) is 1.50. The van der Waals surface area contributed by atoms with Crippen molar-refractivity contribution >= 4 is 12.1 Å². The number of hydrogen-bond donors (Lipinski definition) is 1. The van der Waals surface area contributed by atoms with Gasteiger partial charge in [-0.25, -0.2) is 5.43 Å². The molecule has 0 aliphatic rings. The molecule has 0 saturated heterocycles. The maximum Gasteiger partial charge on any atom is 0.307 e. The Balaban J connectivity index is -0.000000619. The zero-order valence-electron chi connectivity index (χ0n) is 12.5. The third-order valence-corrected chi connectivity index (χ3v) is 2.03. The molecule has 0 fully saturated rings. The first-order valence-electron chi connectivity index (χ1n) is 5.72. The largest absolute Gasteiger partial charge is 2.00 e. The zero-order valence-corrected chi connectivity index (χ0v) is 13.9. The Morgan fingerprint density at radius 3 is 2.26 bits per heavy atom. The van der Waals surface area contributed by atoms with Crippen molar-refractivity contribution in [2.75, 3.05) is 14.2 Å². The fourth-order valence-electron chi connectivity index (χ4n) is 1.21. The Bertz CT molecular complexity index is 546. The number of rotatable bonds is 3. The Morgan fingerprint density at radius 2 is 1.74 bits per heavy atom. The fourth-order valence-corrected chi connectivity index (χ4v) is 1.21. The fraction of sp³-hybridized carbons (Fsp3) is 0.143. The van der Waals surface area contributed by atoms with Gasteiger partial charge in [0.25, 0.3) is 0 Å². The van der Waals surface area contributed by atoms with Gasteiger partial charge in [0.2, 0.25) is 0 Å². The van der Waals surface area contributed by atoms with Crippen LogP contribution >= 0.6 is 0 Å². The van der Waals surface area contributed by atoms with Gasteiger partial charge in [-0.15, -0.1) is 0 Å². The van der Waals surface area contributed by atoms with Crippen LogP contribution in [0.15, 0.2) is 52.2 Å². The molecule has 0 unspecified atom stereocenters. The van der Waals surface area contributed by atoms with E-state index in [1.807, 2.05) is 0 Å². The molecule has 2 rings (SSSR count). The molecule has 2 aromatic rings. The molecule has 0 atom stereocenters. The normalized spacial score (nSPS) is 8.35. The number of amides is 1. The molecule has 1 radical (unpaired) electrons. The number of hydrazone groups is 1. The molecule has 8 nitrogen and oxygen atoms in total. The van der Waals surface area contributed by atoms with E-state index in [0.717, 1.165) is 14.2 Å². The third-order valence-electron chi connectivity index (χ3n) is 2.03. The van der Waals surface area contributed by atoms with E-state index < -0.39 is 5.91 Å². The van der Waals surface area contributed by atoms with E-state index in [9.17, 15) is 9.90 Å². The van der Waals surface area contributed by atoms with Crippen molar-refractivity contribution in [1.82, 2.24) is 5.43 Å². The molecule has 1 N–H and O–H groups in total. The predicted octanol–water partition coefficient (Wildman–Crippen LogP) is -1.05. The summed E-state index contributed by atoms with van der Waals surface area (Å²) in [5, 5.41) is 31.5. The topological polar surface area (TPSA) is 152 Å². The number of benzene rings is 1. The first-order valence-corrected chi connectivity index (χ1v) is 5.72. The molecule has 0 aliphatic heterocycles. The van der Waals surface area contributed by atoms with Crippen LogP contribution in [0.3, 0.4) is 0 Å². The van der Waals surface area contributed by atoms with Gasteiger partial charge < -0.3 is 25.2 Å². The summed E-state index contributed by atoms with van der Waals surface area (Å²) >= 11 is 0. The molecule has 23 heavy (non-hydrogen) atoms. The Labute approximate surface area is 145 Å². The van der Waals surface area contributed by atoms with Crippen LogP contribution in [0.25, 0.3) is 0 Å². The van der Waals surface area contributed by atoms with Crippen molar-refractivity contribution in [2.24, 2.45) is 5.10 Å². The average molecular weight is 358 g/mol. The van der Waals surface area contributed by atoms with Gasteiger partial charge in [-0.05, 0) is 17.7 Å². The third kappa shape index (κ3) is 9.51. The molecule has 1 amide bonds. The van der Waals surface area contributed by atoms with Crippen LogP contribution < -0.4 is 20.7 Å². The number of carbonyl (C=O) groups excluding carboxylic acids is 1. The van der Waals surface area contributed by atoms with Gasteiger partial charge >= 0.3 is 5.91 Å². The smallest absolute Gasteiger partial charge is 0.307 e. The van der Waals surface area contributed by atoms with Crippen molar-refractivity contribution in [1.29, 1.82) is 0 Å². The van der Waals surface area contributed by atoms with Gasteiger partial charge in [-0.1, -0.05) is 30.0 Å². The molecule has 0 spiro atoms. The van der Waals surface area contributed by atoms with Crippen LogP contribution in [0.4, 0.5) is 0 Å². The number of furan rings is 1. The van der Waals surface area contributed by atoms with Crippen LogP contribution in [0, 0.1) is 0 Å². The van der Waals surface area contributed by atoms with Gasteiger partial charge in [0, 0.05) is 18.6 Å². The van der Waals surface area contributed by atoms with Gasteiger partial charge in [-0.3, -0.25) is 4.79 Å². The molecular formula is C14H15N2O6V-5. The van der Waals surface area contributed by atoms with E-state index in [-0.39, 0.29) is 35.5 Å². The zero-order chi connectivity index (χ0) is 16.1. The Kier molecular flexibility index (Phi) is 18.3. The van der Waals surface area contributed by atoms with Gasteiger partial charge in [-0.2, -0.15) is 19.3 Å². The monoisotopic (exact) mass is 358 g/mol. The average Bonchev–Trinajstić information content (AvgIpc) is 3.07. The first-order chi connectivity index (χ1) is 10.3. The molecular weight excluding hydrogens is 343 g/mol. The van der Waals surface area contributed by atoms with Gasteiger partial charge in [0.05, 0.1) is 12.5 Å². The Hall–Kier alpha value is -2.10. The summed E-state index contributed by atoms with van der Waals surface area (Å²) in [6.45, 7) is 0. The van der Waals surface area contributed by atoms with Crippen LogP contribution in [0.2, 0.25) is 0 Å². The second-order valence-corrected chi connectivity index (χ2v) is 3.21. The summed E-state index contributed by atoms with van der Waals surface area (Å²) in [6, 6.07) is 9.52. The number of hydrogen-bond acceptors (Lipinski definition) is 6. The minimum Gasteiger partial charge on any atom is -2.00 e. The van der Waals surface area contributed by atoms with Crippen LogP contribution in [-0.4, -0.2) is 26.3 Å².